The molecule has 12 heteroatoms. The Balaban J connectivity index is 1.65. The molecule has 1 aliphatic heterocycles. The van der Waals surface area contributed by atoms with E-state index in [1.807, 2.05) is 0 Å². The van der Waals surface area contributed by atoms with E-state index in [2.05, 4.69) is 26.4 Å². The van der Waals surface area contributed by atoms with Gasteiger partial charge in [0.25, 0.3) is 5.91 Å². The van der Waals surface area contributed by atoms with E-state index in [-0.39, 0.29) is 17.2 Å². The minimum atomic E-state index is -1.31. The molecule has 1 saturated heterocycles. The van der Waals surface area contributed by atoms with Crippen molar-refractivity contribution in [1.29, 1.82) is 5.26 Å². The summed E-state index contributed by atoms with van der Waals surface area (Å²) >= 11 is 0.986. The van der Waals surface area contributed by atoms with E-state index in [0.717, 1.165) is 16.2 Å². The fourth-order valence-electron chi connectivity index (χ4n) is 3.85. The minimum absolute atomic E-state index is 0.00346. The zero-order chi connectivity index (χ0) is 26.5. The van der Waals surface area contributed by atoms with Crippen LogP contribution in [0, 0.1) is 11.3 Å². The third kappa shape index (κ3) is 5.26. The molecule has 2 aromatic carbocycles. The number of nitriles is 1. The third-order valence-electron chi connectivity index (χ3n) is 5.71. The molecule has 2 N–H and O–H groups in total. The maximum atomic E-state index is 13.4. The number of imide groups is 1. The monoisotopic (exact) mass is 519 g/mol. The summed E-state index contributed by atoms with van der Waals surface area (Å²) in [5.41, 5.74) is 1.30. The fourth-order valence-corrected chi connectivity index (χ4v) is 4.53. The van der Waals surface area contributed by atoms with Crippen molar-refractivity contribution in [3.05, 3.63) is 76.3 Å². The number of thiazole rings is 1. The van der Waals surface area contributed by atoms with Crippen molar-refractivity contribution in [2.75, 3.05) is 19.5 Å². The van der Waals surface area contributed by atoms with E-state index in [9.17, 15) is 24.4 Å². The first kappa shape index (κ1) is 25.3. The Hall–Kier alpha value is -4.76. The van der Waals surface area contributed by atoms with Gasteiger partial charge in [-0.05, 0) is 29.3 Å². The van der Waals surface area contributed by atoms with Crippen molar-refractivity contribution in [2.45, 2.75) is 18.5 Å². The number of amides is 4. The van der Waals surface area contributed by atoms with E-state index in [0.29, 0.717) is 22.4 Å². The van der Waals surface area contributed by atoms with E-state index in [1.54, 1.807) is 48.5 Å². The molecule has 0 radical (unpaired) electrons. The summed E-state index contributed by atoms with van der Waals surface area (Å²) < 4.78 is 9.78. The number of hydrogen-bond acceptors (Lipinski definition) is 9. The molecular weight excluding hydrogens is 498 g/mol. The molecule has 188 valence electrons. The van der Waals surface area contributed by atoms with Crippen LogP contribution < -0.4 is 15.4 Å². The van der Waals surface area contributed by atoms with Gasteiger partial charge in [-0.1, -0.05) is 30.3 Å². The zero-order valence-corrected chi connectivity index (χ0v) is 20.6. The van der Waals surface area contributed by atoms with Gasteiger partial charge in [0, 0.05) is 11.8 Å². The number of ether oxygens (including phenoxy) is 2. The number of esters is 1. The lowest BCUT2D eigenvalue weighted by Crippen LogP contribution is -2.49. The summed E-state index contributed by atoms with van der Waals surface area (Å²) in [7, 11) is 2.72. The second-order valence-electron chi connectivity index (χ2n) is 7.87. The summed E-state index contributed by atoms with van der Waals surface area (Å²) in [6.07, 6.45) is -0.112. The zero-order valence-electron chi connectivity index (χ0n) is 19.8. The van der Waals surface area contributed by atoms with Crippen LogP contribution in [0.5, 0.6) is 5.75 Å². The normalized spacial score (nSPS) is 15.5. The van der Waals surface area contributed by atoms with Gasteiger partial charge in [0.15, 0.2) is 10.8 Å². The summed E-state index contributed by atoms with van der Waals surface area (Å²) in [4.78, 5) is 56.5. The SMILES string of the molecule is COC(=O)c1csc(NC(=O)[C@H](Cc2ccccc2C#N)N2C(=O)N[C@H](c3ccc(OC)cc3)C2=O)n1. The number of methoxy groups -OCH3 is 2. The van der Waals surface area contributed by atoms with Crippen LogP contribution >= 0.6 is 11.3 Å². The van der Waals surface area contributed by atoms with E-state index in [1.165, 1.54) is 19.6 Å². The van der Waals surface area contributed by atoms with Gasteiger partial charge < -0.3 is 20.1 Å². The largest absolute Gasteiger partial charge is 0.497 e. The average Bonchev–Trinajstić information content (AvgIpc) is 3.50. The van der Waals surface area contributed by atoms with Crippen LogP contribution in [-0.2, 0) is 20.7 Å². The lowest BCUT2D eigenvalue weighted by Gasteiger charge is -2.24. The number of nitrogens with zero attached hydrogens (tertiary/aromatic N) is 3. The lowest BCUT2D eigenvalue weighted by atomic mass is 9.99. The molecule has 1 aliphatic rings. The Morgan fingerprint density at radius 2 is 1.92 bits per heavy atom. The smallest absolute Gasteiger partial charge is 0.357 e. The molecule has 4 rings (SSSR count). The Morgan fingerprint density at radius 3 is 2.59 bits per heavy atom. The van der Waals surface area contributed by atoms with Crippen LogP contribution in [0.15, 0.2) is 53.9 Å². The molecule has 0 spiro atoms. The van der Waals surface area contributed by atoms with Crippen molar-refractivity contribution in [1.82, 2.24) is 15.2 Å². The van der Waals surface area contributed by atoms with Crippen LogP contribution in [0.25, 0.3) is 0 Å². The molecule has 0 unspecified atom stereocenters. The standard InChI is InChI=1S/C25H21N5O6S/c1-35-17-9-7-14(8-10-17)20-22(32)30(25(34)28-20)19(11-15-5-3-4-6-16(15)12-26)21(31)29-24-27-18(13-37-24)23(33)36-2/h3-10,13,19-20H,11H2,1-2H3,(H,28,34)(H,27,29,31)/t19-,20+/m0/s1. The molecule has 0 aliphatic carbocycles. The van der Waals surface area contributed by atoms with Crippen LogP contribution in [0.4, 0.5) is 9.93 Å². The Morgan fingerprint density at radius 1 is 1.19 bits per heavy atom. The van der Waals surface area contributed by atoms with Gasteiger partial charge in [-0.3, -0.25) is 9.59 Å². The number of nitrogens with one attached hydrogen (secondary N) is 2. The maximum absolute atomic E-state index is 13.4. The topological polar surface area (TPSA) is 151 Å². The number of aromatic nitrogens is 1. The van der Waals surface area contributed by atoms with Crippen molar-refractivity contribution in [3.63, 3.8) is 0 Å². The summed E-state index contributed by atoms with van der Waals surface area (Å²) in [6.45, 7) is 0. The highest BCUT2D eigenvalue weighted by molar-refractivity contribution is 7.14. The van der Waals surface area contributed by atoms with Gasteiger partial charge in [0.2, 0.25) is 5.91 Å². The van der Waals surface area contributed by atoms with E-state index in [4.69, 9.17) is 4.74 Å². The second kappa shape index (κ2) is 10.9. The number of benzene rings is 2. The molecule has 3 aromatic rings. The van der Waals surface area contributed by atoms with Crippen molar-refractivity contribution in [2.24, 2.45) is 0 Å². The summed E-state index contributed by atoms with van der Waals surface area (Å²) in [5, 5.41) is 16.2. The van der Waals surface area contributed by atoms with Crippen LogP contribution in [0.1, 0.15) is 33.2 Å². The third-order valence-corrected chi connectivity index (χ3v) is 6.47. The van der Waals surface area contributed by atoms with Gasteiger partial charge in [-0.15, -0.1) is 11.3 Å². The van der Waals surface area contributed by atoms with Gasteiger partial charge in [-0.25, -0.2) is 19.5 Å². The molecule has 11 nitrogen and oxygen atoms in total. The molecule has 1 fully saturated rings. The molecule has 2 atom stereocenters. The second-order valence-corrected chi connectivity index (χ2v) is 8.73. The summed E-state index contributed by atoms with van der Waals surface area (Å²) in [5.74, 6) is -1.43. The first-order chi connectivity index (χ1) is 17.9. The highest BCUT2D eigenvalue weighted by atomic mass is 32.1. The van der Waals surface area contributed by atoms with E-state index < -0.39 is 35.9 Å². The first-order valence-corrected chi connectivity index (χ1v) is 11.8. The number of rotatable bonds is 8. The molecule has 37 heavy (non-hydrogen) atoms. The van der Waals surface area contributed by atoms with Gasteiger partial charge in [0.1, 0.15) is 17.8 Å². The number of urea groups is 1. The molecule has 1 aromatic heterocycles. The summed E-state index contributed by atoms with van der Waals surface area (Å²) in [6, 6.07) is 12.2. The van der Waals surface area contributed by atoms with Crippen LogP contribution in [-0.4, -0.2) is 54.0 Å². The Bertz CT molecular complexity index is 1400. The first-order valence-electron chi connectivity index (χ1n) is 11.0. The Kier molecular flexibility index (Phi) is 7.45. The quantitative estimate of drug-likeness (QED) is 0.341. The fraction of sp³-hybridized carbons (Fsp3) is 0.200. The Labute approximate surface area is 215 Å². The number of hydrogen-bond donors (Lipinski definition) is 2. The highest BCUT2D eigenvalue weighted by Gasteiger charge is 2.45. The van der Waals surface area contributed by atoms with Gasteiger partial charge in [0.05, 0.1) is 25.9 Å². The van der Waals surface area contributed by atoms with E-state index >= 15 is 0 Å². The minimum Gasteiger partial charge on any atom is -0.497 e. The average molecular weight is 520 g/mol. The maximum Gasteiger partial charge on any atom is 0.357 e. The van der Waals surface area contributed by atoms with Crippen LogP contribution in [0.3, 0.4) is 0 Å². The van der Waals surface area contributed by atoms with Crippen LogP contribution in [0.2, 0.25) is 0 Å². The molecule has 0 bridgehead atoms. The van der Waals surface area contributed by atoms with Crippen molar-refractivity contribution >= 4 is 40.3 Å². The molecule has 0 saturated carbocycles. The van der Waals surface area contributed by atoms with Gasteiger partial charge in [-0.2, -0.15) is 5.26 Å². The van der Waals surface area contributed by atoms with Crippen molar-refractivity contribution in [3.8, 4) is 11.8 Å². The molecule has 4 amide bonds. The van der Waals surface area contributed by atoms with Gasteiger partial charge >= 0.3 is 12.0 Å². The number of anilines is 1. The highest BCUT2D eigenvalue weighted by Crippen LogP contribution is 2.28. The predicted octanol–water partition coefficient (Wildman–Crippen LogP) is 2.65. The molecular formula is C25H21N5O6S. The number of carbonyl (C=O) groups is 4. The number of carbonyl (C=O) groups excluding carboxylic acids is 4. The predicted molar refractivity (Wildman–Crippen MR) is 132 cm³/mol. The lowest BCUT2D eigenvalue weighted by molar-refractivity contribution is -0.134. The van der Waals surface area contributed by atoms with Crippen molar-refractivity contribution < 1.29 is 28.7 Å². The molecule has 2 heterocycles.